The Morgan fingerprint density at radius 3 is 2.38 bits per heavy atom. The first-order chi connectivity index (χ1) is 17.6. The lowest BCUT2D eigenvalue weighted by Gasteiger charge is -2.13. The lowest BCUT2D eigenvalue weighted by molar-refractivity contribution is -0.137. The van der Waals surface area contributed by atoms with Gasteiger partial charge in [-0.1, -0.05) is 11.6 Å². The van der Waals surface area contributed by atoms with Gasteiger partial charge in [0.2, 0.25) is 5.91 Å². The smallest absolute Gasteiger partial charge is 0.417 e. The quantitative estimate of drug-likeness (QED) is 0.131. The van der Waals surface area contributed by atoms with Crippen LogP contribution in [0.25, 0.3) is 0 Å². The Kier molecular flexibility index (Phi) is 9.66. The number of carbonyl (C=O) groups excluding carboxylic acids is 2. The monoisotopic (exact) mass is 537 g/mol. The van der Waals surface area contributed by atoms with Crippen molar-refractivity contribution in [1.82, 2.24) is 15.8 Å². The summed E-state index contributed by atoms with van der Waals surface area (Å²) in [5.74, 6) is 0.574. The Morgan fingerprint density at radius 1 is 0.973 bits per heavy atom. The molecule has 0 fully saturated rings. The molecule has 3 aromatic rings. The second kappa shape index (κ2) is 12.9. The molecule has 0 saturated carbocycles. The van der Waals surface area contributed by atoms with Gasteiger partial charge in [-0.2, -0.15) is 13.2 Å². The maximum Gasteiger partial charge on any atom is 0.417 e. The number of pyridine rings is 1. The van der Waals surface area contributed by atoms with E-state index >= 15 is 0 Å². The highest BCUT2D eigenvalue weighted by atomic mass is 35.5. The number of aromatic nitrogens is 1. The van der Waals surface area contributed by atoms with Gasteiger partial charge in [0.15, 0.2) is 0 Å². The highest BCUT2D eigenvalue weighted by molar-refractivity contribution is 6.31. The molecule has 0 bridgehead atoms. The topological polar surface area (TPSA) is 125 Å². The van der Waals surface area contributed by atoms with Crippen molar-refractivity contribution >= 4 is 34.9 Å². The molecule has 1 heterocycles. The standard InChI is InChI=1S/C24H23ClF3N5O4/c25-21-8-5-16(13-20(21)24(26,27)28)32-23(35)31-15-3-6-18(7-4-15)37-19-9-11-30-17(12-19)14-29-10-1-2-22(34)33-36/h3-9,11-13,29,36H,1-2,10,14H2,(H,33,34)(H2,31,32,35). The Balaban J connectivity index is 1.50. The van der Waals surface area contributed by atoms with E-state index in [1.807, 2.05) is 0 Å². The summed E-state index contributed by atoms with van der Waals surface area (Å²) in [6.45, 7) is 1.01. The zero-order valence-electron chi connectivity index (χ0n) is 19.2. The van der Waals surface area contributed by atoms with Crippen LogP contribution in [0, 0.1) is 0 Å². The Hall–Kier alpha value is -3.87. The SMILES string of the molecule is O=C(CCCNCc1cc(Oc2ccc(NC(=O)Nc3ccc(Cl)c(C(F)(F)F)c3)cc2)ccn1)NO. The minimum atomic E-state index is -4.65. The minimum absolute atomic E-state index is 0.0622. The van der Waals surface area contributed by atoms with Crippen LogP contribution in [0.2, 0.25) is 5.02 Å². The van der Waals surface area contributed by atoms with Crippen molar-refractivity contribution in [3.63, 3.8) is 0 Å². The molecular formula is C24H23ClF3N5O4. The van der Waals surface area contributed by atoms with Crippen molar-refractivity contribution in [2.24, 2.45) is 0 Å². The molecule has 13 heteroatoms. The molecule has 1 aromatic heterocycles. The molecule has 0 spiro atoms. The molecule has 3 amide bonds. The zero-order chi connectivity index (χ0) is 26.8. The molecule has 0 saturated heterocycles. The maximum absolute atomic E-state index is 13.0. The Morgan fingerprint density at radius 2 is 1.68 bits per heavy atom. The Bertz CT molecular complexity index is 1230. The molecule has 0 aliphatic heterocycles. The maximum atomic E-state index is 13.0. The Labute approximate surface area is 215 Å². The summed E-state index contributed by atoms with van der Waals surface area (Å²) in [6.07, 6.45) is -2.30. The third-order valence-electron chi connectivity index (χ3n) is 4.85. The normalized spacial score (nSPS) is 11.1. The molecule has 5 N–H and O–H groups in total. The van der Waals surface area contributed by atoms with E-state index in [2.05, 4.69) is 20.9 Å². The molecule has 0 aliphatic rings. The van der Waals surface area contributed by atoms with E-state index in [1.165, 1.54) is 6.07 Å². The number of ether oxygens (including phenoxy) is 1. The van der Waals surface area contributed by atoms with Gasteiger partial charge < -0.3 is 20.7 Å². The van der Waals surface area contributed by atoms with Crippen LogP contribution in [0.15, 0.2) is 60.8 Å². The van der Waals surface area contributed by atoms with Crippen LogP contribution in [0.5, 0.6) is 11.5 Å². The van der Waals surface area contributed by atoms with Gasteiger partial charge in [-0.3, -0.25) is 15.0 Å². The first-order valence-corrected chi connectivity index (χ1v) is 11.3. The highest BCUT2D eigenvalue weighted by Crippen LogP contribution is 2.36. The number of anilines is 2. The van der Waals surface area contributed by atoms with E-state index < -0.39 is 28.7 Å². The third-order valence-corrected chi connectivity index (χ3v) is 5.18. The summed E-state index contributed by atoms with van der Waals surface area (Å²) in [4.78, 5) is 27.4. The molecule has 0 atom stereocenters. The van der Waals surface area contributed by atoms with E-state index in [-0.39, 0.29) is 12.1 Å². The highest BCUT2D eigenvalue weighted by Gasteiger charge is 2.33. The van der Waals surface area contributed by atoms with Crippen molar-refractivity contribution in [2.75, 3.05) is 17.2 Å². The molecule has 0 unspecified atom stereocenters. The molecule has 0 radical (unpaired) electrons. The van der Waals surface area contributed by atoms with Crippen LogP contribution in [-0.2, 0) is 17.5 Å². The van der Waals surface area contributed by atoms with Crippen molar-refractivity contribution in [1.29, 1.82) is 0 Å². The van der Waals surface area contributed by atoms with Gasteiger partial charge in [0.25, 0.3) is 0 Å². The van der Waals surface area contributed by atoms with E-state index in [0.717, 1.165) is 17.8 Å². The predicted molar refractivity (Wildman–Crippen MR) is 131 cm³/mol. The number of nitrogens with zero attached hydrogens (tertiary/aromatic N) is 1. The number of hydrogen-bond donors (Lipinski definition) is 5. The predicted octanol–water partition coefficient (Wildman–Crippen LogP) is 5.57. The summed E-state index contributed by atoms with van der Waals surface area (Å²) >= 11 is 5.59. The van der Waals surface area contributed by atoms with Crippen LogP contribution in [0.4, 0.5) is 29.3 Å². The molecule has 196 valence electrons. The number of hydrogen-bond acceptors (Lipinski definition) is 6. The second-order valence-electron chi connectivity index (χ2n) is 7.70. The van der Waals surface area contributed by atoms with Crippen molar-refractivity contribution in [3.8, 4) is 11.5 Å². The first-order valence-electron chi connectivity index (χ1n) is 11.0. The molecule has 0 aliphatic carbocycles. The third kappa shape index (κ3) is 8.94. The van der Waals surface area contributed by atoms with Gasteiger partial charge in [-0.05, 0) is 61.5 Å². The summed E-state index contributed by atoms with van der Waals surface area (Å²) in [7, 11) is 0. The average molecular weight is 538 g/mol. The first kappa shape index (κ1) is 27.7. The number of carbonyl (C=O) groups is 2. The largest absolute Gasteiger partial charge is 0.457 e. The summed E-state index contributed by atoms with van der Waals surface area (Å²) in [5, 5.41) is 16.0. The molecule has 3 rings (SSSR count). The number of urea groups is 1. The van der Waals surface area contributed by atoms with Crippen LogP contribution >= 0.6 is 11.6 Å². The summed E-state index contributed by atoms with van der Waals surface area (Å²) in [5.41, 5.74) is 1.58. The van der Waals surface area contributed by atoms with Crippen LogP contribution < -0.4 is 26.2 Å². The van der Waals surface area contributed by atoms with Gasteiger partial charge in [0.05, 0.1) is 16.3 Å². The van der Waals surface area contributed by atoms with Gasteiger partial charge in [0.1, 0.15) is 11.5 Å². The van der Waals surface area contributed by atoms with E-state index in [1.54, 1.807) is 48.1 Å². The zero-order valence-corrected chi connectivity index (χ0v) is 20.0. The minimum Gasteiger partial charge on any atom is -0.457 e. The van der Waals surface area contributed by atoms with E-state index in [4.69, 9.17) is 21.5 Å². The van der Waals surface area contributed by atoms with Gasteiger partial charge in [0, 0.05) is 36.6 Å². The number of halogens is 4. The van der Waals surface area contributed by atoms with Crippen LogP contribution in [0.1, 0.15) is 24.1 Å². The molecule has 2 aromatic carbocycles. The number of nitrogens with one attached hydrogen (secondary N) is 4. The van der Waals surface area contributed by atoms with Crippen molar-refractivity contribution < 1.29 is 32.7 Å². The number of benzene rings is 2. The lowest BCUT2D eigenvalue weighted by atomic mass is 10.2. The lowest BCUT2D eigenvalue weighted by Crippen LogP contribution is -2.21. The van der Waals surface area contributed by atoms with Crippen LogP contribution in [0.3, 0.4) is 0 Å². The fraction of sp³-hybridized carbons (Fsp3) is 0.208. The van der Waals surface area contributed by atoms with Crippen molar-refractivity contribution in [3.05, 3.63) is 77.1 Å². The van der Waals surface area contributed by atoms with Gasteiger partial charge in [-0.15, -0.1) is 0 Å². The molecule has 37 heavy (non-hydrogen) atoms. The van der Waals surface area contributed by atoms with Gasteiger partial charge >= 0.3 is 12.2 Å². The second-order valence-corrected chi connectivity index (χ2v) is 8.10. The number of alkyl halides is 3. The van der Waals surface area contributed by atoms with E-state index in [0.29, 0.717) is 36.7 Å². The summed E-state index contributed by atoms with van der Waals surface area (Å²) < 4.78 is 44.8. The number of hydroxylamine groups is 1. The van der Waals surface area contributed by atoms with Crippen molar-refractivity contribution in [2.45, 2.75) is 25.6 Å². The van der Waals surface area contributed by atoms with Crippen LogP contribution in [-0.4, -0.2) is 28.7 Å². The summed E-state index contributed by atoms with van der Waals surface area (Å²) in [6, 6.07) is 12.2. The van der Waals surface area contributed by atoms with Gasteiger partial charge in [-0.25, -0.2) is 10.3 Å². The van der Waals surface area contributed by atoms with E-state index in [9.17, 15) is 22.8 Å². The average Bonchev–Trinajstić information content (AvgIpc) is 2.85. The number of rotatable bonds is 10. The fourth-order valence-corrected chi connectivity index (χ4v) is 3.34. The number of amides is 3. The fourth-order valence-electron chi connectivity index (χ4n) is 3.12. The molecular weight excluding hydrogens is 515 g/mol. The molecule has 9 nitrogen and oxygen atoms in total.